The van der Waals surface area contributed by atoms with E-state index < -0.39 is 6.10 Å². The van der Waals surface area contributed by atoms with Crippen LogP contribution >= 0.6 is 11.6 Å². The first kappa shape index (κ1) is 19.6. The molecule has 2 rings (SSSR count). The number of nitrogens with one attached hydrogen (secondary N) is 1. The third kappa shape index (κ3) is 5.40. The molecule has 0 radical (unpaired) electrons. The normalized spacial score (nSPS) is 15.0. The molecule has 0 fully saturated rings. The molecule has 0 spiro atoms. The zero-order chi connectivity index (χ0) is 18.4. The molecule has 0 aliphatic rings. The number of benzene rings is 2. The summed E-state index contributed by atoms with van der Waals surface area (Å²) in [7, 11) is 0. The molecule has 0 amide bonds. The van der Waals surface area contributed by atoms with E-state index in [-0.39, 0.29) is 23.7 Å². The molecule has 0 heterocycles. The molecule has 3 atom stereocenters. The largest absolute Gasteiger partial charge is 0.387 e. The monoisotopic (exact) mass is 359 g/mol. The molecule has 25 heavy (non-hydrogen) atoms. The summed E-state index contributed by atoms with van der Waals surface area (Å²) < 4.78 is 0. The van der Waals surface area contributed by atoms with Crippen LogP contribution in [0.5, 0.6) is 0 Å². The lowest BCUT2D eigenvalue weighted by molar-refractivity contribution is -0.123. The number of carbonyl (C=O) groups excluding carboxylic acids is 1. The lowest BCUT2D eigenvalue weighted by Crippen LogP contribution is -2.38. The van der Waals surface area contributed by atoms with Crippen LogP contribution in [0.3, 0.4) is 0 Å². The van der Waals surface area contributed by atoms with Gasteiger partial charge in [-0.25, -0.2) is 0 Å². The van der Waals surface area contributed by atoms with Crippen molar-refractivity contribution >= 4 is 17.4 Å². The van der Waals surface area contributed by atoms with Gasteiger partial charge >= 0.3 is 0 Å². The van der Waals surface area contributed by atoms with Crippen LogP contribution in [0.4, 0.5) is 0 Å². The molecule has 134 valence electrons. The van der Waals surface area contributed by atoms with E-state index in [0.717, 1.165) is 11.1 Å². The van der Waals surface area contributed by atoms with Gasteiger partial charge in [0.25, 0.3) is 0 Å². The number of halogens is 1. The maximum Gasteiger partial charge on any atom is 0.144 e. The zero-order valence-electron chi connectivity index (χ0n) is 14.9. The SMILES string of the molecule is CC(C)C(=O)C(CNC(C)C(O)c1ccccc1)c1ccc(Cl)cc1. The van der Waals surface area contributed by atoms with Crippen LogP contribution in [0.1, 0.15) is 43.9 Å². The van der Waals surface area contributed by atoms with Crippen LogP contribution in [0.2, 0.25) is 5.02 Å². The third-order valence-corrected chi connectivity index (χ3v) is 4.70. The van der Waals surface area contributed by atoms with Gasteiger partial charge in [-0.2, -0.15) is 0 Å². The van der Waals surface area contributed by atoms with Crippen molar-refractivity contribution in [2.24, 2.45) is 5.92 Å². The topological polar surface area (TPSA) is 49.3 Å². The molecule has 4 heteroatoms. The summed E-state index contributed by atoms with van der Waals surface area (Å²) >= 11 is 5.96. The van der Waals surface area contributed by atoms with Gasteiger partial charge < -0.3 is 10.4 Å². The fraction of sp³-hybridized carbons (Fsp3) is 0.381. The quantitative estimate of drug-likeness (QED) is 0.736. The van der Waals surface area contributed by atoms with E-state index in [9.17, 15) is 9.90 Å². The highest BCUT2D eigenvalue weighted by Gasteiger charge is 2.25. The Morgan fingerprint density at radius 3 is 2.16 bits per heavy atom. The molecular formula is C21H26ClNO2. The van der Waals surface area contributed by atoms with E-state index >= 15 is 0 Å². The van der Waals surface area contributed by atoms with Crippen molar-refractivity contribution in [1.29, 1.82) is 0 Å². The summed E-state index contributed by atoms with van der Waals surface area (Å²) in [6, 6.07) is 16.8. The number of ketones is 1. The fourth-order valence-electron chi connectivity index (χ4n) is 2.83. The molecule has 0 bridgehead atoms. The van der Waals surface area contributed by atoms with Crippen molar-refractivity contribution in [3.8, 4) is 0 Å². The molecular weight excluding hydrogens is 334 g/mol. The van der Waals surface area contributed by atoms with Crippen LogP contribution in [0.25, 0.3) is 0 Å². The highest BCUT2D eigenvalue weighted by molar-refractivity contribution is 6.30. The first-order valence-corrected chi connectivity index (χ1v) is 9.03. The van der Waals surface area contributed by atoms with Gasteiger partial charge in [0.15, 0.2) is 0 Å². The van der Waals surface area contributed by atoms with Crippen molar-refractivity contribution in [2.45, 2.75) is 38.8 Å². The lowest BCUT2D eigenvalue weighted by atomic mass is 9.88. The van der Waals surface area contributed by atoms with Crippen molar-refractivity contribution in [1.82, 2.24) is 5.32 Å². The molecule has 0 saturated carbocycles. The first-order valence-electron chi connectivity index (χ1n) is 8.65. The van der Waals surface area contributed by atoms with E-state index in [1.165, 1.54) is 0 Å². The number of aliphatic hydroxyl groups is 1. The number of Topliss-reactive ketones (excluding diaryl/α,β-unsaturated/α-hetero) is 1. The fourth-order valence-corrected chi connectivity index (χ4v) is 2.96. The minimum atomic E-state index is -0.624. The zero-order valence-corrected chi connectivity index (χ0v) is 15.7. The van der Waals surface area contributed by atoms with Gasteiger partial charge in [-0.1, -0.05) is 67.9 Å². The average molecular weight is 360 g/mol. The minimum Gasteiger partial charge on any atom is -0.387 e. The first-order chi connectivity index (χ1) is 11.9. The Hall–Kier alpha value is -1.68. The maximum atomic E-state index is 12.6. The van der Waals surface area contributed by atoms with Crippen molar-refractivity contribution in [2.75, 3.05) is 6.54 Å². The van der Waals surface area contributed by atoms with Gasteiger partial charge in [-0.15, -0.1) is 0 Å². The Morgan fingerprint density at radius 2 is 1.60 bits per heavy atom. The summed E-state index contributed by atoms with van der Waals surface area (Å²) in [5.74, 6) is -0.143. The van der Waals surface area contributed by atoms with E-state index in [0.29, 0.717) is 11.6 Å². The summed E-state index contributed by atoms with van der Waals surface area (Å²) in [5, 5.41) is 14.5. The smallest absolute Gasteiger partial charge is 0.144 e. The molecule has 3 nitrogen and oxygen atoms in total. The number of aliphatic hydroxyl groups excluding tert-OH is 1. The Balaban J connectivity index is 2.09. The van der Waals surface area contributed by atoms with Gasteiger partial charge in [-0.3, -0.25) is 4.79 Å². The second kappa shape index (κ2) is 9.14. The second-order valence-electron chi connectivity index (χ2n) is 6.71. The van der Waals surface area contributed by atoms with E-state index in [1.54, 1.807) is 12.1 Å². The molecule has 2 aromatic carbocycles. The molecule has 2 aromatic rings. The summed E-state index contributed by atoms with van der Waals surface area (Å²) in [4.78, 5) is 12.6. The maximum absolute atomic E-state index is 12.6. The Labute approximate surface area is 155 Å². The van der Waals surface area contributed by atoms with E-state index in [1.807, 2.05) is 63.2 Å². The van der Waals surface area contributed by atoms with E-state index in [2.05, 4.69) is 5.32 Å². The van der Waals surface area contributed by atoms with Crippen LogP contribution in [0.15, 0.2) is 54.6 Å². The van der Waals surface area contributed by atoms with Crippen molar-refractivity contribution in [3.05, 3.63) is 70.7 Å². The van der Waals surface area contributed by atoms with Crippen molar-refractivity contribution < 1.29 is 9.90 Å². The highest BCUT2D eigenvalue weighted by Crippen LogP contribution is 2.23. The summed E-state index contributed by atoms with van der Waals surface area (Å²) in [5.41, 5.74) is 1.80. The molecule has 2 N–H and O–H groups in total. The van der Waals surface area contributed by atoms with Crippen LogP contribution < -0.4 is 5.32 Å². The number of carbonyl (C=O) groups is 1. The van der Waals surface area contributed by atoms with Crippen molar-refractivity contribution in [3.63, 3.8) is 0 Å². The van der Waals surface area contributed by atoms with Gasteiger partial charge in [0.2, 0.25) is 0 Å². The molecule has 3 unspecified atom stereocenters. The van der Waals surface area contributed by atoms with Crippen LogP contribution in [-0.2, 0) is 4.79 Å². The Bertz CT molecular complexity index is 670. The van der Waals surface area contributed by atoms with Gasteiger partial charge in [0, 0.05) is 23.5 Å². The second-order valence-corrected chi connectivity index (χ2v) is 7.15. The van der Waals surface area contributed by atoms with Crippen LogP contribution in [-0.4, -0.2) is 23.5 Å². The van der Waals surface area contributed by atoms with Gasteiger partial charge in [0.1, 0.15) is 5.78 Å². The average Bonchev–Trinajstić information content (AvgIpc) is 2.62. The molecule has 0 aromatic heterocycles. The van der Waals surface area contributed by atoms with Gasteiger partial charge in [-0.05, 0) is 30.2 Å². The molecule has 0 saturated heterocycles. The predicted octanol–water partition coefficient (Wildman–Crippen LogP) is 4.36. The number of rotatable bonds is 8. The Morgan fingerprint density at radius 1 is 1.00 bits per heavy atom. The Kier molecular flexibility index (Phi) is 7.18. The number of hydrogen-bond acceptors (Lipinski definition) is 3. The standard InChI is InChI=1S/C21H26ClNO2/c1-14(2)20(24)19(16-9-11-18(22)12-10-16)13-23-15(3)21(25)17-7-5-4-6-8-17/h4-12,14-15,19,21,23,25H,13H2,1-3H3. The van der Waals surface area contributed by atoms with Crippen LogP contribution in [0, 0.1) is 5.92 Å². The lowest BCUT2D eigenvalue weighted by Gasteiger charge is -2.25. The predicted molar refractivity (Wildman–Crippen MR) is 103 cm³/mol. The minimum absolute atomic E-state index is 0.0585. The third-order valence-electron chi connectivity index (χ3n) is 4.44. The summed E-state index contributed by atoms with van der Waals surface area (Å²) in [6.07, 6.45) is -0.624. The molecule has 0 aliphatic heterocycles. The number of hydrogen-bond donors (Lipinski definition) is 2. The summed E-state index contributed by atoms with van der Waals surface area (Å²) in [6.45, 7) is 6.22. The molecule has 0 aliphatic carbocycles. The van der Waals surface area contributed by atoms with E-state index in [4.69, 9.17) is 11.6 Å². The highest BCUT2D eigenvalue weighted by atomic mass is 35.5. The van der Waals surface area contributed by atoms with Gasteiger partial charge in [0.05, 0.1) is 12.0 Å².